The van der Waals surface area contributed by atoms with Crippen molar-refractivity contribution in [2.45, 2.75) is 26.2 Å². The van der Waals surface area contributed by atoms with Gasteiger partial charge in [0.05, 0.1) is 3.57 Å². The van der Waals surface area contributed by atoms with Gasteiger partial charge in [0.25, 0.3) is 0 Å². The van der Waals surface area contributed by atoms with Gasteiger partial charge in [-0.2, -0.15) is 0 Å². The number of halogens is 1. The van der Waals surface area contributed by atoms with E-state index in [2.05, 4.69) is 55.5 Å². The van der Waals surface area contributed by atoms with Crippen molar-refractivity contribution in [1.29, 1.82) is 0 Å². The van der Waals surface area contributed by atoms with Gasteiger partial charge >= 0.3 is 0 Å². The van der Waals surface area contributed by atoms with Crippen molar-refractivity contribution in [3.05, 3.63) is 51.6 Å². The number of benzene rings is 2. The van der Waals surface area contributed by atoms with Crippen molar-refractivity contribution < 1.29 is 4.74 Å². The smallest absolute Gasteiger partial charge is 0.140 e. The highest BCUT2D eigenvalue weighted by molar-refractivity contribution is 14.1. The van der Waals surface area contributed by atoms with Crippen molar-refractivity contribution in [1.82, 2.24) is 0 Å². The van der Waals surface area contributed by atoms with E-state index < -0.39 is 0 Å². The Labute approximate surface area is 128 Å². The summed E-state index contributed by atoms with van der Waals surface area (Å²) in [5.41, 5.74) is 7.94. The zero-order valence-corrected chi connectivity index (χ0v) is 13.6. The fourth-order valence-corrected chi connectivity index (χ4v) is 2.40. The van der Waals surface area contributed by atoms with Crippen LogP contribution in [-0.2, 0) is 5.41 Å². The minimum Gasteiger partial charge on any atom is -0.456 e. The molecule has 0 spiro atoms. The minimum absolute atomic E-state index is 0.161. The van der Waals surface area contributed by atoms with Gasteiger partial charge in [-0.15, -0.1) is 0 Å². The molecule has 3 heteroatoms. The van der Waals surface area contributed by atoms with Gasteiger partial charge in [-0.05, 0) is 63.9 Å². The van der Waals surface area contributed by atoms with Crippen molar-refractivity contribution in [3.8, 4) is 11.5 Å². The van der Waals surface area contributed by atoms with E-state index in [9.17, 15) is 0 Å². The number of hydrogen-bond donors (Lipinski definition) is 1. The van der Waals surface area contributed by atoms with E-state index >= 15 is 0 Å². The second-order valence-corrected chi connectivity index (χ2v) is 6.73. The molecule has 2 aromatic rings. The van der Waals surface area contributed by atoms with Gasteiger partial charge in [0.15, 0.2) is 0 Å². The molecule has 0 amide bonds. The number of hydrogen-bond acceptors (Lipinski definition) is 2. The summed E-state index contributed by atoms with van der Waals surface area (Å²) in [4.78, 5) is 0. The molecule has 0 radical (unpaired) electrons. The first-order valence-electron chi connectivity index (χ1n) is 6.20. The van der Waals surface area contributed by atoms with Crippen LogP contribution in [0.3, 0.4) is 0 Å². The number of rotatable bonds is 2. The monoisotopic (exact) mass is 367 g/mol. The zero-order valence-electron chi connectivity index (χ0n) is 11.4. The van der Waals surface area contributed by atoms with Crippen molar-refractivity contribution >= 4 is 28.3 Å². The molecule has 0 aliphatic rings. The van der Waals surface area contributed by atoms with Gasteiger partial charge < -0.3 is 10.5 Å². The quantitative estimate of drug-likeness (QED) is 0.601. The lowest BCUT2D eigenvalue weighted by Gasteiger charge is -2.19. The minimum atomic E-state index is 0.161. The Morgan fingerprint density at radius 1 is 1.00 bits per heavy atom. The predicted molar refractivity (Wildman–Crippen MR) is 88.8 cm³/mol. The first-order valence-corrected chi connectivity index (χ1v) is 7.27. The summed E-state index contributed by atoms with van der Waals surface area (Å²) in [6.07, 6.45) is 0. The Hall–Kier alpha value is -1.23. The SMILES string of the molecule is CC(C)(C)c1ccc(Oc2ccc(N)cc2I)cc1. The molecule has 0 heterocycles. The molecule has 2 rings (SSSR count). The van der Waals surface area contributed by atoms with E-state index in [1.54, 1.807) is 0 Å². The number of nitrogens with two attached hydrogens (primary N) is 1. The number of ether oxygens (including phenoxy) is 1. The molecule has 0 saturated carbocycles. The highest BCUT2D eigenvalue weighted by atomic mass is 127. The average Bonchev–Trinajstić information content (AvgIpc) is 2.32. The van der Waals surface area contributed by atoms with E-state index in [1.807, 2.05) is 30.3 Å². The van der Waals surface area contributed by atoms with E-state index in [-0.39, 0.29) is 5.41 Å². The number of anilines is 1. The second-order valence-electron chi connectivity index (χ2n) is 5.57. The molecule has 0 saturated heterocycles. The van der Waals surface area contributed by atoms with E-state index in [1.165, 1.54) is 5.56 Å². The summed E-state index contributed by atoms with van der Waals surface area (Å²) >= 11 is 2.23. The Morgan fingerprint density at radius 2 is 1.63 bits per heavy atom. The molecule has 0 unspecified atom stereocenters. The Bertz CT molecular complexity index is 570. The molecule has 2 nitrogen and oxygen atoms in total. The fourth-order valence-electron chi connectivity index (χ4n) is 1.75. The largest absolute Gasteiger partial charge is 0.456 e. The van der Waals surface area contributed by atoms with Crippen molar-refractivity contribution in [3.63, 3.8) is 0 Å². The standard InChI is InChI=1S/C16H18INO/c1-16(2,3)11-4-7-13(8-5-11)19-15-9-6-12(18)10-14(15)17/h4-10H,18H2,1-3H3. The Balaban J connectivity index is 2.20. The lowest BCUT2D eigenvalue weighted by Crippen LogP contribution is -2.10. The third-order valence-corrected chi connectivity index (χ3v) is 3.75. The lowest BCUT2D eigenvalue weighted by molar-refractivity contribution is 0.478. The lowest BCUT2D eigenvalue weighted by atomic mass is 9.87. The molecule has 2 aromatic carbocycles. The van der Waals surface area contributed by atoms with Crippen LogP contribution in [0.2, 0.25) is 0 Å². The van der Waals surface area contributed by atoms with Crippen LogP contribution in [0, 0.1) is 3.57 Å². The summed E-state index contributed by atoms with van der Waals surface area (Å²) in [6.45, 7) is 6.60. The van der Waals surface area contributed by atoms with Gasteiger partial charge in [-0.1, -0.05) is 32.9 Å². The third kappa shape index (κ3) is 3.62. The fraction of sp³-hybridized carbons (Fsp3) is 0.250. The second kappa shape index (κ2) is 5.41. The Morgan fingerprint density at radius 3 is 2.16 bits per heavy atom. The number of nitrogen functional groups attached to an aromatic ring is 1. The molecule has 19 heavy (non-hydrogen) atoms. The van der Waals surface area contributed by atoms with Crippen LogP contribution >= 0.6 is 22.6 Å². The molecule has 2 N–H and O–H groups in total. The summed E-state index contributed by atoms with van der Waals surface area (Å²) in [5, 5.41) is 0. The van der Waals surface area contributed by atoms with Crippen LogP contribution in [0.5, 0.6) is 11.5 Å². The molecular formula is C16H18INO. The van der Waals surface area contributed by atoms with Crippen LogP contribution in [0.25, 0.3) is 0 Å². The van der Waals surface area contributed by atoms with Crippen LogP contribution in [0.15, 0.2) is 42.5 Å². The summed E-state index contributed by atoms with van der Waals surface area (Å²) in [7, 11) is 0. The molecule has 0 fully saturated rings. The topological polar surface area (TPSA) is 35.2 Å². The van der Waals surface area contributed by atoms with Crippen molar-refractivity contribution in [2.24, 2.45) is 0 Å². The summed E-state index contributed by atoms with van der Waals surface area (Å²) in [6, 6.07) is 13.9. The van der Waals surface area contributed by atoms with E-state index in [0.29, 0.717) is 0 Å². The van der Waals surface area contributed by atoms with Crippen LogP contribution < -0.4 is 10.5 Å². The molecule has 0 atom stereocenters. The first kappa shape index (κ1) is 14.2. The normalized spacial score (nSPS) is 11.4. The maximum atomic E-state index is 5.87. The highest BCUT2D eigenvalue weighted by Crippen LogP contribution is 2.30. The van der Waals surface area contributed by atoms with Gasteiger partial charge in [0.2, 0.25) is 0 Å². The molecule has 0 aliphatic carbocycles. The van der Waals surface area contributed by atoms with Gasteiger partial charge in [0, 0.05) is 5.69 Å². The van der Waals surface area contributed by atoms with Crippen molar-refractivity contribution in [2.75, 3.05) is 5.73 Å². The van der Waals surface area contributed by atoms with E-state index in [0.717, 1.165) is 20.8 Å². The van der Waals surface area contributed by atoms with E-state index in [4.69, 9.17) is 10.5 Å². The van der Waals surface area contributed by atoms with Gasteiger partial charge in [0.1, 0.15) is 11.5 Å². The zero-order chi connectivity index (χ0) is 14.0. The third-order valence-electron chi connectivity index (χ3n) is 2.90. The molecule has 0 bridgehead atoms. The molecular weight excluding hydrogens is 349 g/mol. The van der Waals surface area contributed by atoms with Crippen LogP contribution in [0.4, 0.5) is 5.69 Å². The van der Waals surface area contributed by atoms with Crippen LogP contribution in [0.1, 0.15) is 26.3 Å². The predicted octanol–water partition coefficient (Wildman–Crippen LogP) is 4.96. The Kier molecular flexibility index (Phi) is 4.04. The molecule has 0 aliphatic heterocycles. The molecule has 100 valence electrons. The first-order chi connectivity index (χ1) is 8.86. The highest BCUT2D eigenvalue weighted by Gasteiger charge is 2.13. The van der Waals surface area contributed by atoms with Crippen LogP contribution in [-0.4, -0.2) is 0 Å². The summed E-state index contributed by atoms with van der Waals surface area (Å²) < 4.78 is 6.88. The maximum absolute atomic E-state index is 5.87. The summed E-state index contributed by atoms with van der Waals surface area (Å²) in [5.74, 6) is 1.67. The molecule has 0 aromatic heterocycles. The maximum Gasteiger partial charge on any atom is 0.140 e. The van der Waals surface area contributed by atoms with Gasteiger partial charge in [-0.3, -0.25) is 0 Å². The van der Waals surface area contributed by atoms with Gasteiger partial charge in [-0.25, -0.2) is 0 Å². The average molecular weight is 367 g/mol.